The van der Waals surface area contributed by atoms with Gasteiger partial charge < -0.3 is 0 Å². The van der Waals surface area contributed by atoms with Crippen molar-refractivity contribution in [2.45, 2.75) is 17.2 Å². The third kappa shape index (κ3) is 2.47. The number of halogens is 3. The number of Topliss-reactive ketones (excluding diaryl/α,β-unsaturated/α-hetero) is 1. The van der Waals surface area contributed by atoms with Gasteiger partial charge in [0.1, 0.15) is 5.38 Å². The Morgan fingerprint density at radius 3 is 1.75 bits per heavy atom. The molecule has 0 spiro atoms. The van der Waals surface area contributed by atoms with Crippen molar-refractivity contribution in [1.82, 2.24) is 0 Å². The van der Waals surface area contributed by atoms with Crippen LogP contribution in [-0.4, -0.2) is 11.2 Å². The Hall–Kier alpha value is -0.640. The third-order valence-electron chi connectivity index (χ3n) is 3.74. The molecule has 1 fully saturated rings. The highest BCUT2D eigenvalue weighted by atomic mass is 79.9. The fourth-order valence-corrected chi connectivity index (χ4v) is 3.62. The predicted molar refractivity (Wildman–Crippen MR) is 88.4 cm³/mol. The Kier molecular flexibility index (Phi) is 4.02. The Morgan fingerprint density at radius 2 is 1.25 bits per heavy atom. The van der Waals surface area contributed by atoms with E-state index in [0.717, 1.165) is 20.1 Å². The highest BCUT2D eigenvalue weighted by molar-refractivity contribution is 9.10. The fraction of sp³-hybridized carbons (Fsp3) is 0.188. The maximum atomic E-state index is 12.1. The van der Waals surface area contributed by atoms with Gasteiger partial charge in [0.2, 0.25) is 0 Å². The SMILES string of the molecule is O=C1C(Cl)C(c2ccc(Br)cc2)C1c1ccc(Br)cc1. The van der Waals surface area contributed by atoms with E-state index in [4.69, 9.17) is 11.6 Å². The molecule has 0 aliphatic heterocycles. The van der Waals surface area contributed by atoms with E-state index < -0.39 is 5.38 Å². The number of hydrogen-bond donors (Lipinski definition) is 0. The summed E-state index contributed by atoms with van der Waals surface area (Å²) < 4.78 is 2.04. The van der Waals surface area contributed by atoms with Crippen molar-refractivity contribution >= 4 is 49.2 Å². The molecule has 2 aromatic carbocycles. The predicted octanol–water partition coefficient (Wildman–Crippen LogP) is 5.27. The maximum absolute atomic E-state index is 12.1. The van der Waals surface area contributed by atoms with Crippen LogP contribution < -0.4 is 0 Å². The van der Waals surface area contributed by atoms with Gasteiger partial charge in [0.15, 0.2) is 5.78 Å². The minimum atomic E-state index is -0.426. The average Bonchev–Trinajstić information content (AvgIpc) is 2.46. The number of alkyl halides is 1. The lowest BCUT2D eigenvalue weighted by molar-refractivity contribution is -0.126. The molecule has 0 bridgehead atoms. The molecular formula is C16H11Br2ClO. The van der Waals surface area contributed by atoms with Gasteiger partial charge in [0.05, 0.1) is 5.92 Å². The van der Waals surface area contributed by atoms with Crippen LogP contribution in [0.2, 0.25) is 0 Å². The molecule has 0 heterocycles. The lowest BCUT2D eigenvalue weighted by atomic mass is 9.65. The smallest absolute Gasteiger partial charge is 0.159 e. The summed E-state index contributed by atoms with van der Waals surface area (Å²) in [5, 5.41) is -0.426. The Bertz CT molecular complexity index is 637. The van der Waals surface area contributed by atoms with Crippen molar-refractivity contribution in [1.29, 1.82) is 0 Å². The first-order valence-corrected chi connectivity index (χ1v) is 8.29. The number of benzene rings is 2. The normalized spacial score (nSPS) is 25.4. The maximum Gasteiger partial charge on any atom is 0.159 e. The van der Waals surface area contributed by atoms with Crippen LogP contribution in [-0.2, 0) is 4.79 Å². The van der Waals surface area contributed by atoms with Gasteiger partial charge in [-0.2, -0.15) is 0 Å². The standard InChI is InChI=1S/C16H11Br2ClO/c17-11-5-1-9(2-6-11)13-14(16(20)15(13)19)10-3-7-12(18)8-4-10/h1-8,13-15H. The van der Waals surface area contributed by atoms with Gasteiger partial charge in [0.25, 0.3) is 0 Å². The Balaban J connectivity index is 1.95. The molecule has 1 aliphatic carbocycles. The fourth-order valence-electron chi connectivity index (χ4n) is 2.66. The van der Waals surface area contributed by atoms with E-state index in [1.807, 2.05) is 48.5 Å². The second kappa shape index (κ2) is 5.63. The van der Waals surface area contributed by atoms with Crippen LogP contribution in [0.15, 0.2) is 57.5 Å². The molecule has 3 atom stereocenters. The van der Waals surface area contributed by atoms with Crippen molar-refractivity contribution in [2.24, 2.45) is 0 Å². The summed E-state index contributed by atoms with van der Waals surface area (Å²) in [5.41, 5.74) is 2.14. The minimum Gasteiger partial charge on any atom is -0.297 e. The highest BCUT2D eigenvalue weighted by Crippen LogP contribution is 2.49. The first kappa shape index (κ1) is 14.3. The van der Waals surface area contributed by atoms with E-state index in [9.17, 15) is 4.79 Å². The number of ketones is 1. The summed E-state index contributed by atoms with van der Waals surface area (Å²) in [4.78, 5) is 12.1. The first-order chi connectivity index (χ1) is 9.58. The van der Waals surface area contributed by atoms with E-state index in [-0.39, 0.29) is 17.6 Å². The molecule has 0 saturated heterocycles. The lowest BCUT2D eigenvalue weighted by Gasteiger charge is -2.40. The van der Waals surface area contributed by atoms with Crippen LogP contribution in [0, 0.1) is 0 Å². The largest absolute Gasteiger partial charge is 0.297 e. The second-order valence-electron chi connectivity index (χ2n) is 4.91. The van der Waals surface area contributed by atoms with Crippen LogP contribution in [0.25, 0.3) is 0 Å². The molecular weight excluding hydrogens is 403 g/mol. The topological polar surface area (TPSA) is 17.1 Å². The number of carbonyl (C=O) groups excluding carboxylic acids is 1. The highest BCUT2D eigenvalue weighted by Gasteiger charge is 2.49. The minimum absolute atomic E-state index is 0.0541. The number of carbonyl (C=O) groups is 1. The van der Waals surface area contributed by atoms with E-state index in [1.165, 1.54) is 0 Å². The summed E-state index contributed by atoms with van der Waals surface area (Å²) >= 11 is 13.1. The summed E-state index contributed by atoms with van der Waals surface area (Å²) in [5.74, 6) is 0.0344. The zero-order valence-electron chi connectivity index (χ0n) is 10.4. The molecule has 0 radical (unpaired) electrons. The van der Waals surface area contributed by atoms with Crippen molar-refractivity contribution in [3.63, 3.8) is 0 Å². The Labute approximate surface area is 139 Å². The van der Waals surface area contributed by atoms with Gasteiger partial charge in [-0.05, 0) is 35.4 Å². The molecule has 0 N–H and O–H groups in total. The molecule has 102 valence electrons. The van der Waals surface area contributed by atoms with Gasteiger partial charge >= 0.3 is 0 Å². The van der Waals surface area contributed by atoms with Crippen LogP contribution >= 0.6 is 43.5 Å². The van der Waals surface area contributed by atoms with Gasteiger partial charge in [0, 0.05) is 14.9 Å². The third-order valence-corrected chi connectivity index (χ3v) is 5.28. The molecule has 0 aromatic heterocycles. The summed E-state index contributed by atoms with van der Waals surface area (Å²) in [7, 11) is 0. The lowest BCUT2D eigenvalue weighted by Crippen LogP contribution is -2.45. The van der Waals surface area contributed by atoms with Crippen molar-refractivity contribution in [3.05, 3.63) is 68.6 Å². The van der Waals surface area contributed by atoms with Crippen molar-refractivity contribution in [2.75, 3.05) is 0 Å². The molecule has 3 unspecified atom stereocenters. The second-order valence-corrected chi connectivity index (χ2v) is 7.21. The summed E-state index contributed by atoms with van der Waals surface area (Å²) in [6, 6.07) is 15.9. The molecule has 2 aromatic rings. The van der Waals surface area contributed by atoms with Gasteiger partial charge in [-0.1, -0.05) is 56.1 Å². The quantitative estimate of drug-likeness (QED) is 0.612. The van der Waals surface area contributed by atoms with E-state index in [2.05, 4.69) is 31.9 Å². The van der Waals surface area contributed by atoms with Crippen molar-refractivity contribution < 1.29 is 4.79 Å². The summed E-state index contributed by atoms with van der Waals surface area (Å²) in [6.45, 7) is 0. The van der Waals surface area contributed by atoms with Crippen LogP contribution in [0.3, 0.4) is 0 Å². The molecule has 0 amide bonds. The molecule has 1 saturated carbocycles. The zero-order chi connectivity index (χ0) is 14.3. The molecule has 1 nitrogen and oxygen atoms in total. The van der Waals surface area contributed by atoms with Gasteiger partial charge in [-0.3, -0.25) is 4.79 Å². The average molecular weight is 415 g/mol. The van der Waals surface area contributed by atoms with Crippen LogP contribution in [0.1, 0.15) is 23.0 Å². The molecule has 1 aliphatic rings. The zero-order valence-corrected chi connectivity index (χ0v) is 14.3. The monoisotopic (exact) mass is 412 g/mol. The van der Waals surface area contributed by atoms with Crippen molar-refractivity contribution in [3.8, 4) is 0 Å². The van der Waals surface area contributed by atoms with E-state index in [1.54, 1.807) is 0 Å². The molecule has 20 heavy (non-hydrogen) atoms. The van der Waals surface area contributed by atoms with Crippen LogP contribution in [0.5, 0.6) is 0 Å². The Morgan fingerprint density at radius 1 is 0.800 bits per heavy atom. The number of rotatable bonds is 2. The molecule has 3 rings (SSSR count). The van der Waals surface area contributed by atoms with Gasteiger partial charge in [-0.15, -0.1) is 11.6 Å². The first-order valence-electron chi connectivity index (χ1n) is 6.26. The van der Waals surface area contributed by atoms with Gasteiger partial charge in [-0.25, -0.2) is 0 Å². The van der Waals surface area contributed by atoms with E-state index in [0.29, 0.717) is 0 Å². The summed E-state index contributed by atoms with van der Waals surface area (Å²) in [6.07, 6.45) is 0. The number of hydrogen-bond acceptors (Lipinski definition) is 1. The van der Waals surface area contributed by atoms with E-state index >= 15 is 0 Å². The van der Waals surface area contributed by atoms with Crippen LogP contribution in [0.4, 0.5) is 0 Å². The molecule has 4 heteroatoms.